The molecule has 4 aromatic carbocycles. The fraction of sp³-hybridized carbons (Fsp3) is 0.100. The van der Waals surface area contributed by atoms with E-state index in [4.69, 9.17) is 4.74 Å². The van der Waals surface area contributed by atoms with Crippen molar-refractivity contribution in [3.8, 4) is 0 Å². The average Bonchev–Trinajstić information content (AvgIpc) is 2.86. The van der Waals surface area contributed by atoms with E-state index in [1.807, 2.05) is 91.0 Å². The van der Waals surface area contributed by atoms with Crippen LogP contribution in [-0.4, -0.2) is 5.91 Å². The van der Waals surface area contributed by atoms with Crippen molar-refractivity contribution in [2.75, 3.05) is 4.90 Å². The molecule has 5 rings (SSSR count). The molecule has 4 aromatic rings. The number of ether oxygens (including phenoxy) is 1. The summed E-state index contributed by atoms with van der Waals surface area (Å²) in [5, 5.41) is 0. The van der Waals surface area contributed by atoms with Crippen molar-refractivity contribution in [1.29, 1.82) is 0 Å². The number of nitrogens with zero attached hydrogens (tertiary/aromatic N) is 1. The van der Waals surface area contributed by atoms with E-state index >= 15 is 0 Å². The molecule has 0 aromatic heterocycles. The van der Waals surface area contributed by atoms with Crippen molar-refractivity contribution in [1.82, 2.24) is 0 Å². The minimum atomic E-state index is -0.580. The molecule has 3 heteroatoms. The second-order valence-corrected chi connectivity index (χ2v) is 8.28. The molecular weight excluding hydrogens is 406 g/mol. The van der Waals surface area contributed by atoms with Crippen LogP contribution in [-0.2, 0) is 9.53 Å². The van der Waals surface area contributed by atoms with E-state index in [2.05, 4.69) is 32.0 Å². The van der Waals surface area contributed by atoms with Gasteiger partial charge in [-0.05, 0) is 43.2 Å². The molecule has 0 radical (unpaired) electrons. The number of rotatable bonds is 4. The van der Waals surface area contributed by atoms with Crippen molar-refractivity contribution in [3.63, 3.8) is 0 Å². The summed E-state index contributed by atoms with van der Waals surface area (Å²) >= 11 is 0. The highest BCUT2D eigenvalue weighted by molar-refractivity contribution is 6.32. The fourth-order valence-corrected chi connectivity index (χ4v) is 4.26. The molecular formula is C30H25NO2. The second kappa shape index (κ2) is 8.79. The van der Waals surface area contributed by atoms with Crippen LogP contribution in [0.3, 0.4) is 0 Å². The molecule has 33 heavy (non-hydrogen) atoms. The third-order valence-corrected chi connectivity index (χ3v) is 5.94. The molecule has 0 fully saturated rings. The molecule has 0 spiro atoms. The van der Waals surface area contributed by atoms with Crippen LogP contribution in [0, 0.1) is 13.8 Å². The van der Waals surface area contributed by atoms with Gasteiger partial charge in [-0.1, -0.05) is 96.6 Å². The van der Waals surface area contributed by atoms with E-state index in [-0.39, 0.29) is 5.91 Å². The Morgan fingerprint density at radius 3 is 2.00 bits per heavy atom. The number of hydrogen-bond acceptors (Lipinski definition) is 2. The first kappa shape index (κ1) is 20.8. The van der Waals surface area contributed by atoms with Crippen molar-refractivity contribution in [2.24, 2.45) is 0 Å². The molecule has 0 saturated heterocycles. The highest BCUT2D eigenvalue weighted by Gasteiger charge is 2.39. The number of aryl methyl sites for hydroxylation is 2. The lowest BCUT2D eigenvalue weighted by Gasteiger charge is -2.38. The molecule has 0 bridgehead atoms. The fourth-order valence-electron chi connectivity index (χ4n) is 4.26. The monoisotopic (exact) mass is 431 g/mol. The van der Waals surface area contributed by atoms with E-state index in [1.54, 1.807) is 4.90 Å². The number of carbonyl (C=O) groups excluding carboxylic acids is 1. The minimum Gasteiger partial charge on any atom is -0.464 e. The molecule has 1 aliphatic rings. The number of carbonyl (C=O) groups is 1. The summed E-state index contributed by atoms with van der Waals surface area (Å²) in [5.41, 5.74) is 6.25. The average molecular weight is 432 g/mol. The van der Waals surface area contributed by atoms with Crippen molar-refractivity contribution >= 4 is 22.9 Å². The first-order valence-electron chi connectivity index (χ1n) is 11.1. The lowest BCUT2D eigenvalue weighted by Crippen LogP contribution is -2.40. The summed E-state index contributed by atoms with van der Waals surface area (Å²) in [6, 6.07) is 35.7. The summed E-state index contributed by atoms with van der Waals surface area (Å²) in [6.45, 7) is 4.11. The van der Waals surface area contributed by atoms with Gasteiger partial charge in [0.2, 0.25) is 6.23 Å². The molecule has 1 aliphatic heterocycles. The van der Waals surface area contributed by atoms with Crippen LogP contribution in [0.25, 0.3) is 11.3 Å². The number of benzene rings is 4. The van der Waals surface area contributed by atoms with Gasteiger partial charge in [0.1, 0.15) is 5.76 Å². The number of amides is 1. The van der Waals surface area contributed by atoms with E-state index in [1.165, 1.54) is 0 Å². The highest BCUT2D eigenvalue weighted by atomic mass is 16.5. The largest absolute Gasteiger partial charge is 0.464 e. The van der Waals surface area contributed by atoms with E-state index in [0.29, 0.717) is 11.3 Å². The van der Waals surface area contributed by atoms with Gasteiger partial charge >= 0.3 is 0 Å². The maximum Gasteiger partial charge on any atom is 0.265 e. The van der Waals surface area contributed by atoms with Crippen LogP contribution in [0.15, 0.2) is 109 Å². The number of anilines is 1. The molecule has 0 aliphatic carbocycles. The zero-order chi connectivity index (χ0) is 22.8. The zero-order valence-electron chi connectivity index (χ0n) is 18.7. The normalized spacial score (nSPS) is 16.0. The summed E-state index contributed by atoms with van der Waals surface area (Å²) in [7, 11) is 0. The van der Waals surface area contributed by atoms with Crippen molar-refractivity contribution in [3.05, 3.63) is 137 Å². The molecule has 0 saturated carbocycles. The van der Waals surface area contributed by atoms with Crippen LogP contribution in [0.5, 0.6) is 0 Å². The third kappa shape index (κ3) is 3.94. The second-order valence-electron chi connectivity index (χ2n) is 8.28. The Kier molecular flexibility index (Phi) is 5.54. The summed E-state index contributed by atoms with van der Waals surface area (Å²) in [5.74, 6) is 0.539. The lowest BCUT2D eigenvalue weighted by molar-refractivity contribution is -0.116. The standard InChI is InChI=1S/C30H25NO2/c1-21-18-19-22(2)26(20-21)28-27(23-12-6-3-7-13-23)29(32)31(25-16-10-5-11-17-25)30(33-28)24-14-8-4-9-15-24/h3-20,30H,1-2H3. The summed E-state index contributed by atoms with van der Waals surface area (Å²) in [4.78, 5) is 16.0. The van der Waals surface area contributed by atoms with Gasteiger partial charge in [-0.3, -0.25) is 9.69 Å². The van der Waals surface area contributed by atoms with Crippen molar-refractivity contribution in [2.45, 2.75) is 20.1 Å². The Morgan fingerprint density at radius 2 is 1.33 bits per heavy atom. The maximum absolute atomic E-state index is 14.3. The third-order valence-electron chi connectivity index (χ3n) is 5.94. The molecule has 1 heterocycles. The van der Waals surface area contributed by atoms with Crippen LogP contribution < -0.4 is 4.90 Å². The Hall–Kier alpha value is -4.11. The highest BCUT2D eigenvalue weighted by Crippen LogP contribution is 2.43. The Morgan fingerprint density at radius 1 is 0.727 bits per heavy atom. The van der Waals surface area contributed by atoms with E-state index in [0.717, 1.165) is 33.5 Å². The summed E-state index contributed by atoms with van der Waals surface area (Å²) < 4.78 is 6.78. The van der Waals surface area contributed by atoms with Gasteiger partial charge < -0.3 is 4.74 Å². The first-order valence-corrected chi connectivity index (χ1v) is 11.1. The van der Waals surface area contributed by atoms with E-state index in [9.17, 15) is 4.79 Å². The topological polar surface area (TPSA) is 29.5 Å². The SMILES string of the molecule is Cc1ccc(C)c(C2=C(c3ccccc3)C(=O)N(c3ccccc3)C(c3ccccc3)O2)c1. The van der Waals surface area contributed by atoms with Gasteiger partial charge in [-0.25, -0.2) is 0 Å². The lowest BCUT2D eigenvalue weighted by atomic mass is 9.94. The molecule has 1 atom stereocenters. The molecule has 162 valence electrons. The van der Waals surface area contributed by atoms with Crippen LogP contribution in [0.4, 0.5) is 5.69 Å². The number of hydrogen-bond donors (Lipinski definition) is 0. The van der Waals surface area contributed by atoms with Crippen LogP contribution in [0.2, 0.25) is 0 Å². The van der Waals surface area contributed by atoms with Gasteiger partial charge in [-0.2, -0.15) is 0 Å². The smallest absolute Gasteiger partial charge is 0.265 e. The Bertz CT molecular complexity index is 1310. The van der Waals surface area contributed by atoms with Crippen molar-refractivity contribution < 1.29 is 9.53 Å². The number of para-hydroxylation sites is 1. The predicted molar refractivity (Wildman–Crippen MR) is 133 cm³/mol. The maximum atomic E-state index is 14.3. The predicted octanol–water partition coefficient (Wildman–Crippen LogP) is 6.93. The van der Waals surface area contributed by atoms with Crippen LogP contribution in [0.1, 0.15) is 34.0 Å². The van der Waals surface area contributed by atoms with Gasteiger partial charge in [0.25, 0.3) is 5.91 Å². The first-order chi connectivity index (χ1) is 16.1. The molecule has 0 N–H and O–H groups in total. The Balaban J connectivity index is 1.79. The quantitative estimate of drug-likeness (QED) is 0.350. The van der Waals surface area contributed by atoms with Crippen LogP contribution >= 0.6 is 0 Å². The van der Waals surface area contributed by atoms with Gasteiger partial charge in [-0.15, -0.1) is 0 Å². The van der Waals surface area contributed by atoms with Gasteiger partial charge in [0.15, 0.2) is 0 Å². The molecule has 3 nitrogen and oxygen atoms in total. The van der Waals surface area contributed by atoms with Gasteiger partial charge in [0.05, 0.1) is 5.57 Å². The van der Waals surface area contributed by atoms with E-state index < -0.39 is 6.23 Å². The van der Waals surface area contributed by atoms with Gasteiger partial charge in [0, 0.05) is 16.8 Å². The Labute approximate surface area is 194 Å². The molecule has 1 amide bonds. The molecule has 1 unspecified atom stereocenters. The zero-order valence-corrected chi connectivity index (χ0v) is 18.7. The minimum absolute atomic E-state index is 0.0802. The summed E-state index contributed by atoms with van der Waals surface area (Å²) in [6.07, 6.45) is -0.580.